The van der Waals surface area contributed by atoms with Crippen LogP contribution in [0.3, 0.4) is 0 Å². The lowest BCUT2D eigenvalue weighted by Gasteiger charge is -2.08. The molecular weight excluding hydrogens is 325 g/mol. The molecule has 2 rings (SSSR count). The van der Waals surface area contributed by atoms with Gasteiger partial charge < -0.3 is 9.47 Å². The highest BCUT2D eigenvalue weighted by atomic mass is 35.5. The number of nitrogens with zero attached hydrogens (tertiary/aromatic N) is 1. The lowest BCUT2D eigenvalue weighted by atomic mass is 10.2. The summed E-state index contributed by atoms with van der Waals surface area (Å²) >= 11 is 11.8. The first-order chi connectivity index (χ1) is 10.6. The Labute approximate surface area is 137 Å². The van der Waals surface area contributed by atoms with Crippen LogP contribution in [-0.2, 0) is 16.1 Å². The van der Waals surface area contributed by atoms with E-state index in [0.717, 1.165) is 0 Å². The van der Waals surface area contributed by atoms with Crippen molar-refractivity contribution >= 4 is 29.2 Å². The zero-order valence-corrected chi connectivity index (χ0v) is 12.9. The SMILES string of the molecule is N#Cc1ccc(OCC(=O)OCc2ccc(Cl)cc2Cl)cc1. The molecule has 0 saturated carbocycles. The van der Waals surface area contributed by atoms with Gasteiger partial charge in [0.05, 0.1) is 11.6 Å². The summed E-state index contributed by atoms with van der Waals surface area (Å²) in [5.74, 6) is -0.0316. The number of hydrogen-bond acceptors (Lipinski definition) is 4. The molecule has 6 heteroatoms. The summed E-state index contributed by atoms with van der Waals surface area (Å²) in [6.07, 6.45) is 0. The second-order valence-electron chi connectivity index (χ2n) is 4.32. The van der Waals surface area contributed by atoms with Crippen molar-refractivity contribution in [1.82, 2.24) is 0 Å². The minimum atomic E-state index is -0.518. The van der Waals surface area contributed by atoms with Gasteiger partial charge in [0.1, 0.15) is 12.4 Å². The normalized spacial score (nSPS) is 9.86. The highest BCUT2D eigenvalue weighted by Crippen LogP contribution is 2.21. The van der Waals surface area contributed by atoms with Gasteiger partial charge in [0.25, 0.3) is 0 Å². The summed E-state index contributed by atoms with van der Waals surface area (Å²) in [5, 5.41) is 9.64. The molecular formula is C16H11Cl2NO3. The molecule has 0 aliphatic rings. The third-order valence-corrected chi connectivity index (χ3v) is 3.33. The van der Waals surface area contributed by atoms with Gasteiger partial charge in [0, 0.05) is 15.6 Å². The first kappa shape index (κ1) is 16.2. The van der Waals surface area contributed by atoms with Gasteiger partial charge in [-0.1, -0.05) is 29.3 Å². The molecule has 0 aliphatic heterocycles. The lowest BCUT2D eigenvalue weighted by Crippen LogP contribution is -2.14. The number of nitriles is 1. The Hall–Kier alpha value is -2.22. The summed E-state index contributed by atoms with van der Waals surface area (Å²) in [4.78, 5) is 11.6. The van der Waals surface area contributed by atoms with E-state index < -0.39 is 5.97 Å². The molecule has 22 heavy (non-hydrogen) atoms. The van der Waals surface area contributed by atoms with Crippen LogP contribution in [0.4, 0.5) is 0 Å². The van der Waals surface area contributed by atoms with E-state index >= 15 is 0 Å². The Bertz CT molecular complexity index is 708. The van der Waals surface area contributed by atoms with Crippen molar-refractivity contribution in [2.45, 2.75) is 6.61 Å². The molecule has 0 amide bonds. The van der Waals surface area contributed by atoms with Gasteiger partial charge >= 0.3 is 5.97 Å². The van der Waals surface area contributed by atoms with Crippen LogP contribution in [0.1, 0.15) is 11.1 Å². The molecule has 2 aromatic carbocycles. The smallest absolute Gasteiger partial charge is 0.344 e. The van der Waals surface area contributed by atoms with E-state index in [0.29, 0.717) is 26.9 Å². The van der Waals surface area contributed by atoms with E-state index in [2.05, 4.69) is 0 Å². The van der Waals surface area contributed by atoms with Gasteiger partial charge in [-0.3, -0.25) is 0 Å². The number of carbonyl (C=O) groups excluding carboxylic acids is 1. The van der Waals surface area contributed by atoms with Gasteiger partial charge in [-0.2, -0.15) is 5.26 Å². The van der Waals surface area contributed by atoms with Crippen LogP contribution in [0.5, 0.6) is 5.75 Å². The molecule has 0 unspecified atom stereocenters. The minimum Gasteiger partial charge on any atom is -0.482 e. The minimum absolute atomic E-state index is 0.0472. The molecule has 0 aliphatic carbocycles. The van der Waals surface area contributed by atoms with Crippen molar-refractivity contribution in [3.63, 3.8) is 0 Å². The number of esters is 1. The summed E-state index contributed by atoms with van der Waals surface area (Å²) in [7, 11) is 0. The summed E-state index contributed by atoms with van der Waals surface area (Å²) in [6.45, 7) is -0.178. The number of hydrogen-bond donors (Lipinski definition) is 0. The van der Waals surface area contributed by atoms with E-state index in [4.69, 9.17) is 37.9 Å². The maximum atomic E-state index is 11.6. The second kappa shape index (κ2) is 7.69. The number of carbonyl (C=O) groups is 1. The zero-order valence-electron chi connectivity index (χ0n) is 11.4. The average Bonchev–Trinajstić information content (AvgIpc) is 2.52. The molecule has 4 nitrogen and oxygen atoms in total. The molecule has 0 heterocycles. The van der Waals surface area contributed by atoms with E-state index in [1.165, 1.54) is 0 Å². The van der Waals surface area contributed by atoms with Crippen molar-refractivity contribution in [2.24, 2.45) is 0 Å². The van der Waals surface area contributed by atoms with E-state index in [1.807, 2.05) is 6.07 Å². The van der Waals surface area contributed by atoms with Crippen LogP contribution in [-0.4, -0.2) is 12.6 Å². The maximum Gasteiger partial charge on any atom is 0.344 e. The fourth-order valence-electron chi connectivity index (χ4n) is 1.61. The molecule has 0 N–H and O–H groups in total. The molecule has 0 atom stereocenters. The van der Waals surface area contributed by atoms with Crippen molar-refractivity contribution in [3.8, 4) is 11.8 Å². The van der Waals surface area contributed by atoms with E-state index in [1.54, 1.807) is 42.5 Å². The van der Waals surface area contributed by atoms with Crippen LogP contribution in [0, 0.1) is 11.3 Å². The monoisotopic (exact) mass is 335 g/mol. The molecule has 112 valence electrons. The van der Waals surface area contributed by atoms with Gasteiger partial charge in [0.2, 0.25) is 0 Å². The summed E-state index contributed by atoms with van der Waals surface area (Å²) in [5.41, 5.74) is 1.19. The molecule has 0 aromatic heterocycles. The first-order valence-corrected chi connectivity index (χ1v) is 7.06. The quantitative estimate of drug-likeness (QED) is 0.775. The number of ether oxygens (including phenoxy) is 2. The van der Waals surface area contributed by atoms with Gasteiger partial charge in [-0.25, -0.2) is 4.79 Å². The largest absolute Gasteiger partial charge is 0.482 e. The topological polar surface area (TPSA) is 59.3 Å². The van der Waals surface area contributed by atoms with Crippen molar-refractivity contribution in [2.75, 3.05) is 6.61 Å². The van der Waals surface area contributed by atoms with Gasteiger partial charge in [0.15, 0.2) is 6.61 Å². The van der Waals surface area contributed by atoms with Crippen molar-refractivity contribution < 1.29 is 14.3 Å². The zero-order chi connectivity index (χ0) is 15.9. The number of rotatable bonds is 5. The molecule has 0 saturated heterocycles. The average molecular weight is 336 g/mol. The third-order valence-electron chi connectivity index (χ3n) is 2.74. The van der Waals surface area contributed by atoms with Crippen LogP contribution in [0.2, 0.25) is 10.0 Å². The Morgan fingerprint density at radius 2 is 1.86 bits per heavy atom. The van der Waals surface area contributed by atoms with Crippen LogP contribution >= 0.6 is 23.2 Å². The van der Waals surface area contributed by atoms with Crippen molar-refractivity contribution in [1.29, 1.82) is 5.26 Å². The standard InChI is InChI=1S/C16H11Cl2NO3/c17-13-4-3-12(15(18)7-13)9-22-16(20)10-21-14-5-1-11(8-19)2-6-14/h1-7H,9-10H2. The summed E-state index contributed by atoms with van der Waals surface area (Å²) < 4.78 is 10.3. The van der Waals surface area contributed by atoms with Gasteiger partial charge in [-0.15, -0.1) is 0 Å². The number of halogens is 2. The molecule has 0 radical (unpaired) electrons. The highest BCUT2D eigenvalue weighted by molar-refractivity contribution is 6.35. The fraction of sp³-hybridized carbons (Fsp3) is 0.125. The van der Waals surface area contributed by atoms with Crippen LogP contribution in [0.15, 0.2) is 42.5 Å². The molecule has 0 fully saturated rings. The van der Waals surface area contributed by atoms with Crippen LogP contribution < -0.4 is 4.74 Å². The Morgan fingerprint density at radius 3 is 2.50 bits per heavy atom. The fourth-order valence-corrected chi connectivity index (χ4v) is 2.07. The molecule has 2 aromatic rings. The van der Waals surface area contributed by atoms with Gasteiger partial charge in [-0.05, 0) is 36.4 Å². The second-order valence-corrected chi connectivity index (χ2v) is 5.16. The first-order valence-electron chi connectivity index (χ1n) is 6.31. The Balaban J connectivity index is 1.81. The number of benzene rings is 2. The Kier molecular flexibility index (Phi) is 5.65. The van der Waals surface area contributed by atoms with Crippen LogP contribution in [0.25, 0.3) is 0 Å². The van der Waals surface area contributed by atoms with Crippen molar-refractivity contribution in [3.05, 3.63) is 63.6 Å². The molecule has 0 bridgehead atoms. The van der Waals surface area contributed by atoms with E-state index in [9.17, 15) is 4.79 Å². The third kappa shape index (κ3) is 4.66. The van der Waals surface area contributed by atoms with E-state index in [-0.39, 0.29) is 13.2 Å². The molecule has 0 spiro atoms. The summed E-state index contributed by atoms with van der Waals surface area (Å²) in [6, 6.07) is 13.4. The predicted molar refractivity (Wildman–Crippen MR) is 82.9 cm³/mol. The highest BCUT2D eigenvalue weighted by Gasteiger charge is 2.07. The predicted octanol–water partition coefficient (Wildman–Crippen LogP) is 3.99. The lowest BCUT2D eigenvalue weighted by molar-refractivity contribution is -0.147. The maximum absolute atomic E-state index is 11.6. The Morgan fingerprint density at radius 1 is 1.14 bits per heavy atom.